The van der Waals surface area contributed by atoms with Crippen molar-refractivity contribution in [2.24, 2.45) is 7.05 Å². The molecule has 0 amide bonds. The highest BCUT2D eigenvalue weighted by Crippen LogP contribution is 2.19. The van der Waals surface area contributed by atoms with Gasteiger partial charge in [-0.05, 0) is 40.2 Å². The van der Waals surface area contributed by atoms with Gasteiger partial charge < -0.3 is 20.3 Å². The fourth-order valence-corrected chi connectivity index (χ4v) is 0.928. The summed E-state index contributed by atoms with van der Waals surface area (Å²) in [5.74, 6) is 0. The van der Waals surface area contributed by atoms with E-state index in [4.69, 9.17) is 20.3 Å². The summed E-state index contributed by atoms with van der Waals surface area (Å²) in [6.07, 6.45) is 1.59. The molecule has 0 atom stereocenters. The molecule has 6 nitrogen and oxygen atoms in total. The van der Waals surface area contributed by atoms with Crippen LogP contribution >= 0.6 is 0 Å². The predicted molar refractivity (Wildman–Crippen MR) is 70.4 cm³/mol. The second kappa shape index (κ2) is 5.84. The van der Waals surface area contributed by atoms with Gasteiger partial charge in [0.25, 0.3) is 0 Å². The summed E-state index contributed by atoms with van der Waals surface area (Å²) in [5, 5.41) is 39.6. The molecule has 0 aliphatic heterocycles. The smallest absolute Gasteiger partial charge is 0.422 e. The Kier molecular flexibility index (Phi) is 5.55. The lowest BCUT2D eigenvalue weighted by Crippen LogP contribution is -2.44. The van der Waals surface area contributed by atoms with Crippen molar-refractivity contribution in [3.63, 3.8) is 0 Å². The normalized spacial score (nSPS) is 11.9. The summed E-state index contributed by atoms with van der Waals surface area (Å²) in [4.78, 5) is 0. The molecule has 1 rings (SSSR count). The molecule has 4 N–H and O–H groups in total. The fraction of sp³-hybridized carbons (Fsp3) is 0.727. The second-order valence-electron chi connectivity index (χ2n) is 5.33. The highest BCUT2D eigenvalue weighted by molar-refractivity contribution is 6.58. The van der Waals surface area contributed by atoms with E-state index in [-0.39, 0.29) is 0 Å². The van der Waals surface area contributed by atoms with Crippen LogP contribution in [0.5, 0.6) is 0 Å². The monoisotopic (exact) mass is 258 g/mol. The lowest BCUT2D eigenvalue weighted by atomic mass is 9.83. The Bertz CT molecular complexity index is 346. The van der Waals surface area contributed by atoms with Gasteiger partial charge in [-0.25, -0.2) is 0 Å². The summed E-state index contributed by atoms with van der Waals surface area (Å²) in [5.41, 5.74) is -0.780. The fourth-order valence-electron chi connectivity index (χ4n) is 0.928. The van der Waals surface area contributed by atoms with Crippen LogP contribution in [-0.2, 0) is 7.05 Å². The molecule has 7 heteroatoms. The molecule has 104 valence electrons. The minimum atomic E-state index is -1.42. The van der Waals surface area contributed by atoms with Crippen LogP contribution < -0.4 is 5.59 Å². The van der Waals surface area contributed by atoms with Gasteiger partial charge in [0, 0.05) is 7.05 Å². The van der Waals surface area contributed by atoms with Gasteiger partial charge in [0.1, 0.15) is 0 Å². The molecule has 0 fully saturated rings. The number of aromatic nitrogens is 2. The summed E-state index contributed by atoms with van der Waals surface area (Å²) in [7, 11) is 0.245. The molecule has 1 heterocycles. The van der Waals surface area contributed by atoms with Crippen LogP contribution in [0.15, 0.2) is 6.20 Å². The molecule has 0 radical (unpaired) electrons. The maximum absolute atomic E-state index is 9.10. The van der Waals surface area contributed by atoms with Gasteiger partial charge in [-0.1, -0.05) is 0 Å². The van der Waals surface area contributed by atoms with Crippen LogP contribution in [0.1, 0.15) is 33.3 Å². The van der Waals surface area contributed by atoms with E-state index in [9.17, 15) is 0 Å². The van der Waals surface area contributed by atoms with E-state index in [2.05, 4.69) is 5.10 Å². The third kappa shape index (κ3) is 4.77. The van der Waals surface area contributed by atoms with Gasteiger partial charge in [-0.2, -0.15) is 5.10 Å². The molecule has 1 aromatic rings. The number of aliphatic hydroxyl groups is 2. The molecule has 0 saturated carbocycles. The average Bonchev–Trinajstić information content (AvgIpc) is 2.43. The second-order valence-corrected chi connectivity index (χ2v) is 5.33. The van der Waals surface area contributed by atoms with Crippen molar-refractivity contribution in [3.05, 3.63) is 11.8 Å². The van der Waals surface area contributed by atoms with Gasteiger partial charge in [0.15, 0.2) is 0 Å². The van der Waals surface area contributed by atoms with E-state index in [1.807, 2.05) is 0 Å². The van der Waals surface area contributed by atoms with Crippen molar-refractivity contribution in [2.45, 2.75) is 45.8 Å². The van der Waals surface area contributed by atoms with Gasteiger partial charge in [-0.3, -0.25) is 4.68 Å². The molecule has 0 saturated heterocycles. The molecule has 0 bridgehead atoms. The van der Waals surface area contributed by atoms with Crippen molar-refractivity contribution < 1.29 is 20.3 Å². The van der Waals surface area contributed by atoms with Gasteiger partial charge in [-0.15, -0.1) is 0 Å². The Balaban J connectivity index is 0.000000331. The van der Waals surface area contributed by atoms with Crippen LogP contribution in [0.3, 0.4) is 0 Å². The van der Waals surface area contributed by atoms with Crippen LogP contribution in [0.25, 0.3) is 0 Å². The third-order valence-electron chi connectivity index (χ3n) is 2.92. The maximum Gasteiger partial charge on any atom is 0.508 e. The number of hydrogen-bond donors (Lipinski definition) is 4. The molecular weight excluding hydrogens is 235 g/mol. The van der Waals surface area contributed by atoms with Crippen LogP contribution in [0.4, 0.5) is 0 Å². The Labute approximate surface area is 108 Å². The standard InChI is InChI=1S/C6H14O2.C5H9BN2O2/c1-5(2,7)6(3,4)8;1-4-3-7-8(2)5(4)6(9)10/h7-8H,1-4H3;3,9-10H,1-2H3. The van der Waals surface area contributed by atoms with Gasteiger partial charge in [0.05, 0.1) is 23.0 Å². The molecule has 1 aromatic heterocycles. The first-order valence-corrected chi connectivity index (χ1v) is 5.67. The minimum Gasteiger partial charge on any atom is -0.422 e. The maximum atomic E-state index is 9.10. The number of nitrogens with zero attached hydrogens (tertiary/aromatic N) is 2. The van der Waals surface area contributed by atoms with E-state index < -0.39 is 18.3 Å². The molecule has 0 aromatic carbocycles. The van der Waals surface area contributed by atoms with Crippen LogP contribution in [0, 0.1) is 6.92 Å². The van der Waals surface area contributed by atoms with Gasteiger partial charge in [0.2, 0.25) is 0 Å². The zero-order chi connectivity index (χ0) is 14.7. The number of aryl methyl sites for hydroxylation is 2. The first-order chi connectivity index (χ1) is 7.88. The largest absolute Gasteiger partial charge is 0.508 e. The van der Waals surface area contributed by atoms with Crippen molar-refractivity contribution in [1.29, 1.82) is 0 Å². The summed E-state index contributed by atoms with van der Waals surface area (Å²) in [6, 6.07) is 0. The summed E-state index contributed by atoms with van der Waals surface area (Å²) >= 11 is 0. The first-order valence-electron chi connectivity index (χ1n) is 5.67. The van der Waals surface area contributed by atoms with E-state index in [0.717, 1.165) is 5.56 Å². The molecule has 0 aliphatic rings. The Morgan fingerprint density at radius 1 is 1.11 bits per heavy atom. The van der Waals surface area contributed by atoms with E-state index in [0.29, 0.717) is 5.59 Å². The quantitative estimate of drug-likeness (QED) is 0.507. The van der Waals surface area contributed by atoms with E-state index in [1.54, 1.807) is 47.9 Å². The van der Waals surface area contributed by atoms with E-state index in [1.165, 1.54) is 4.68 Å². The molecular formula is C11H23BN2O4. The zero-order valence-electron chi connectivity index (χ0n) is 11.8. The van der Waals surface area contributed by atoms with Crippen LogP contribution in [-0.4, -0.2) is 48.4 Å². The molecule has 0 aliphatic carbocycles. The molecule has 0 unspecified atom stereocenters. The zero-order valence-corrected chi connectivity index (χ0v) is 11.8. The summed E-state index contributed by atoms with van der Waals surface area (Å²) in [6.45, 7) is 8.09. The van der Waals surface area contributed by atoms with Crippen molar-refractivity contribution in [3.8, 4) is 0 Å². The van der Waals surface area contributed by atoms with Gasteiger partial charge >= 0.3 is 7.12 Å². The van der Waals surface area contributed by atoms with Crippen molar-refractivity contribution >= 4 is 12.7 Å². The minimum absolute atomic E-state index is 0.444. The topological polar surface area (TPSA) is 98.7 Å². The molecule has 18 heavy (non-hydrogen) atoms. The average molecular weight is 258 g/mol. The lowest BCUT2D eigenvalue weighted by molar-refractivity contribution is -0.107. The SMILES string of the molecule is CC(C)(O)C(C)(C)O.Cc1cnn(C)c1B(O)O. The Morgan fingerprint density at radius 2 is 1.50 bits per heavy atom. The van der Waals surface area contributed by atoms with Crippen molar-refractivity contribution in [1.82, 2.24) is 9.78 Å². The number of rotatable bonds is 2. The first kappa shape index (κ1) is 17.1. The Hall–Kier alpha value is -0.885. The number of hydrogen-bond acceptors (Lipinski definition) is 5. The van der Waals surface area contributed by atoms with Crippen molar-refractivity contribution in [2.75, 3.05) is 0 Å². The lowest BCUT2D eigenvalue weighted by Gasteiger charge is -2.31. The Morgan fingerprint density at radius 3 is 1.61 bits per heavy atom. The highest BCUT2D eigenvalue weighted by Gasteiger charge is 2.31. The summed E-state index contributed by atoms with van der Waals surface area (Å²) < 4.78 is 1.44. The van der Waals surface area contributed by atoms with E-state index >= 15 is 0 Å². The third-order valence-corrected chi connectivity index (χ3v) is 2.92. The molecule has 0 spiro atoms. The van der Waals surface area contributed by atoms with Crippen LogP contribution in [0.2, 0.25) is 0 Å². The highest BCUT2D eigenvalue weighted by atomic mass is 16.4. The predicted octanol–water partition coefficient (Wildman–Crippen LogP) is -1.06.